The van der Waals surface area contributed by atoms with Gasteiger partial charge in [-0.1, -0.05) is 13.8 Å². The quantitative estimate of drug-likeness (QED) is 0.821. The molecule has 0 aliphatic heterocycles. The van der Waals surface area contributed by atoms with Crippen LogP contribution in [-0.4, -0.2) is 43.7 Å². The van der Waals surface area contributed by atoms with Crippen molar-refractivity contribution >= 4 is 10.0 Å². The molecule has 0 fully saturated rings. The van der Waals surface area contributed by atoms with E-state index in [0.29, 0.717) is 6.54 Å². The van der Waals surface area contributed by atoms with E-state index in [9.17, 15) is 8.42 Å². The predicted octanol–water partition coefficient (Wildman–Crippen LogP) is 0.216. The fraction of sp³-hybridized carbons (Fsp3) is 0.700. The zero-order valence-electron chi connectivity index (χ0n) is 10.7. The van der Waals surface area contributed by atoms with Crippen molar-refractivity contribution in [2.45, 2.75) is 31.3 Å². The molecular weight excluding hydrogens is 240 g/mol. The molecule has 0 saturated carbocycles. The first-order valence-electron chi connectivity index (χ1n) is 5.47. The van der Waals surface area contributed by atoms with E-state index < -0.39 is 10.0 Å². The summed E-state index contributed by atoms with van der Waals surface area (Å²) in [6.45, 7) is 5.44. The lowest BCUT2D eigenvalue weighted by Gasteiger charge is -2.13. The van der Waals surface area contributed by atoms with Crippen molar-refractivity contribution in [3.8, 4) is 0 Å². The van der Waals surface area contributed by atoms with Crippen LogP contribution in [0, 0.1) is 0 Å². The highest BCUT2D eigenvalue weighted by atomic mass is 32.2. The van der Waals surface area contributed by atoms with Gasteiger partial charge in [0.05, 0.1) is 6.54 Å². The van der Waals surface area contributed by atoms with Gasteiger partial charge >= 0.3 is 0 Å². The van der Waals surface area contributed by atoms with Crippen LogP contribution in [0.15, 0.2) is 11.1 Å². The molecule has 0 saturated heterocycles. The summed E-state index contributed by atoms with van der Waals surface area (Å²) < 4.78 is 24.2. The van der Waals surface area contributed by atoms with Crippen LogP contribution in [0.2, 0.25) is 0 Å². The molecule has 98 valence electrons. The Balaban J connectivity index is 3.06. The number of nitrogens with zero attached hydrogens (tertiary/aromatic N) is 3. The summed E-state index contributed by atoms with van der Waals surface area (Å²) in [4.78, 5) is 2.02. The summed E-state index contributed by atoms with van der Waals surface area (Å²) in [5.74, 6) is 0.208. The van der Waals surface area contributed by atoms with E-state index >= 15 is 0 Å². The standard InChI is InChI=1S/C10H20N4O2S/c1-8(2)9-7-10(17(11,15)16)12-14(9)6-5-13(3)4/h7-8H,5-6H2,1-4H3,(H2,11,15,16). The van der Waals surface area contributed by atoms with Crippen molar-refractivity contribution in [2.24, 2.45) is 5.14 Å². The summed E-state index contributed by atoms with van der Waals surface area (Å²) >= 11 is 0. The van der Waals surface area contributed by atoms with Crippen LogP contribution < -0.4 is 5.14 Å². The van der Waals surface area contributed by atoms with Gasteiger partial charge in [0.1, 0.15) is 0 Å². The van der Waals surface area contributed by atoms with Crippen LogP contribution in [0.1, 0.15) is 25.5 Å². The third-order valence-corrected chi connectivity index (χ3v) is 3.21. The van der Waals surface area contributed by atoms with Crippen LogP contribution in [0.5, 0.6) is 0 Å². The van der Waals surface area contributed by atoms with E-state index in [2.05, 4.69) is 5.10 Å². The molecule has 7 heteroatoms. The molecule has 1 aromatic rings. The number of primary sulfonamides is 1. The summed E-state index contributed by atoms with van der Waals surface area (Å²) in [7, 11) is 0.193. The molecule has 1 rings (SSSR count). The van der Waals surface area contributed by atoms with Crippen LogP contribution in [-0.2, 0) is 16.6 Å². The number of hydrogen-bond donors (Lipinski definition) is 1. The largest absolute Gasteiger partial charge is 0.308 e. The SMILES string of the molecule is CC(C)c1cc(S(N)(=O)=O)nn1CCN(C)C. The highest BCUT2D eigenvalue weighted by molar-refractivity contribution is 7.89. The first-order chi connectivity index (χ1) is 7.71. The zero-order valence-corrected chi connectivity index (χ0v) is 11.5. The maximum absolute atomic E-state index is 11.3. The zero-order chi connectivity index (χ0) is 13.2. The molecular formula is C10H20N4O2S. The molecule has 1 aromatic heterocycles. The molecule has 0 spiro atoms. The Bertz CT molecular complexity index is 476. The molecule has 0 aliphatic carbocycles. The molecule has 17 heavy (non-hydrogen) atoms. The third kappa shape index (κ3) is 3.79. The van der Waals surface area contributed by atoms with Gasteiger partial charge in [0.25, 0.3) is 10.0 Å². The van der Waals surface area contributed by atoms with Crippen LogP contribution in [0.3, 0.4) is 0 Å². The van der Waals surface area contributed by atoms with Gasteiger partial charge in [-0.05, 0) is 20.0 Å². The van der Waals surface area contributed by atoms with Gasteiger partial charge in [0, 0.05) is 18.3 Å². The van der Waals surface area contributed by atoms with Gasteiger partial charge in [-0.25, -0.2) is 13.6 Å². The van der Waals surface area contributed by atoms with Crippen molar-refractivity contribution in [3.05, 3.63) is 11.8 Å². The molecule has 0 bridgehead atoms. The Morgan fingerprint density at radius 2 is 2.06 bits per heavy atom. The minimum Gasteiger partial charge on any atom is -0.308 e. The minimum absolute atomic E-state index is 0.0556. The van der Waals surface area contributed by atoms with Crippen LogP contribution >= 0.6 is 0 Å². The maximum Gasteiger partial charge on any atom is 0.257 e. The lowest BCUT2D eigenvalue weighted by Crippen LogP contribution is -2.21. The van der Waals surface area contributed by atoms with Crippen molar-refractivity contribution < 1.29 is 8.42 Å². The number of likely N-dealkylation sites (N-methyl/N-ethyl adjacent to an activating group) is 1. The topological polar surface area (TPSA) is 81.2 Å². The van der Waals surface area contributed by atoms with Crippen LogP contribution in [0.4, 0.5) is 0 Å². The molecule has 2 N–H and O–H groups in total. The third-order valence-electron chi connectivity index (χ3n) is 2.43. The van der Waals surface area contributed by atoms with E-state index in [1.165, 1.54) is 0 Å². The molecule has 0 aliphatic rings. The van der Waals surface area contributed by atoms with E-state index in [-0.39, 0.29) is 10.9 Å². The maximum atomic E-state index is 11.3. The van der Waals surface area contributed by atoms with Crippen LogP contribution in [0.25, 0.3) is 0 Å². The second-order valence-corrected chi connectivity index (χ2v) is 6.14. The van der Waals surface area contributed by atoms with E-state index in [1.807, 2.05) is 32.8 Å². The average molecular weight is 260 g/mol. The Hall–Kier alpha value is -0.920. The molecule has 0 amide bonds. The molecule has 0 radical (unpaired) electrons. The number of sulfonamides is 1. The van der Waals surface area contributed by atoms with Crippen molar-refractivity contribution in [3.63, 3.8) is 0 Å². The van der Waals surface area contributed by atoms with Gasteiger partial charge in [-0.2, -0.15) is 5.10 Å². The normalized spacial score (nSPS) is 12.6. The van der Waals surface area contributed by atoms with Gasteiger partial charge in [-0.15, -0.1) is 0 Å². The highest BCUT2D eigenvalue weighted by Gasteiger charge is 2.17. The molecule has 0 atom stereocenters. The first kappa shape index (κ1) is 14.1. The minimum atomic E-state index is -3.72. The fourth-order valence-electron chi connectivity index (χ4n) is 1.48. The van der Waals surface area contributed by atoms with Crippen molar-refractivity contribution in [1.82, 2.24) is 14.7 Å². The monoisotopic (exact) mass is 260 g/mol. The van der Waals surface area contributed by atoms with Crippen molar-refractivity contribution in [2.75, 3.05) is 20.6 Å². The lowest BCUT2D eigenvalue weighted by atomic mass is 10.1. The average Bonchev–Trinajstić information content (AvgIpc) is 2.57. The fourth-order valence-corrected chi connectivity index (χ4v) is 1.98. The number of nitrogens with two attached hydrogens (primary N) is 1. The molecule has 1 heterocycles. The number of rotatable bonds is 5. The smallest absolute Gasteiger partial charge is 0.257 e. The Morgan fingerprint density at radius 3 is 2.47 bits per heavy atom. The van der Waals surface area contributed by atoms with E-state index in [1.54, 1.807) is 10.7 Å². The van der Waals surface area contributed by atoms with E-state index in [4.69, 9.17) is 5.14 Å². The van der Waals surface area contributed by atoms with Gasteiger partial charge in [0.2, 0.25) is 0 Å². The number of hydrogen-bond acceptors (Lipinski definition) is 4. The Labute approximate surface area is 102 Å². The van der Waals surface area contributed by atoms with Gasteiger partial charge in [-0.3, -0.25) is 4.68 Å². The molecule has 0 aromatic carbocycles. The molecule has 6 nitrogen and oxygen atoms in total. The number of aromatic nitrogens is 2. The molecule has 0 unspecified atom stereocenters. The van der Waals surface area contributed by atoms with Crippen molar-refractivity contribution in [1.29, 1.82) is 0 Å². The second kappa shape index (κ2) is 5.16. The highest BCUT2D eigenvalue weighted by Crippen LogP contribution is 2.17. The summed E-state index contributed by atoms with van der Waals surface area (Å²) in [6.07, 6.45) is 0. The first-order valence-corrected chi connectivity index (χ1v) is 7.01. The Morgan fingerprint density at radius 1 is 1.47 bits per heavy atom. The second-order valence-electron chi connectivity index (χ2n) is 4.63. The lowest BCUT2D eigenvalue weighted by molar-refractivity contribution is 0.366. The van der Waals surface area contributed by atoms with Gasteiger partial charge < -0.3 is 4.90 Å². The summed E-state index contributed by atoms with van der Waals surface area (Å²) in [5, 5.41) is 9.08. The Kier molecular flexibility index (Phi) is 4.29. The predicted molar refractivity (Wildman–Crippen MR) is 66.2 cm³/mol. The van der Waals surface area contributed by atoms with E-state index in [0.717, 1.165) is 12.2 Å². The van der Waals surface area contributed by atoms with Gasteiger partial charge in [0.15, 0.2) is 5.03 Å². The summed E-state index contributed by atoms with van der Waals surface area (Å²) in [6, 6.07) is 1.55. The summed E-state index contributed by atoms with van der Waals surface area (Å²) in [5.41, 5.74) is 0.885.